The highest BCUT2D eigenvalue weighted by Crippen LogP contribution is 2.65. The molecule has 0 spiro atoms. The summed E-state index contributed by atoms with van der Waals surface area (Å²) in [7, 11) is 0. The maximum Gasteiger partial charge on any atom is 0.343 e. The Morgan fingerprint density at radius 2 is 1.43 bits per heavy atom. The molecule has 5 aliphatic rings. The SMILES string of the molecule is Cc1ccc(C(=O)Oc2ccc(N3C(=O)[C@@H]4[C@H]5C=C[C@@H]([C@@H]6C[C@H]56)[C@H]4C3=O)cc2)cc1. The lowest BCUT2D eigenvalue weighted by Gasteiger charge is -2.37. The Bertz CT molecular complexity index is 1060. The van der Waals surface area contributed by atoms with Gasteiger partial charge in [0.15, 0.2) is 0 Å². The summed E-state index contributed by atoms with van der Waals surface area (Å²) >= 11 is 0. The van der Waals surface area contributed by atoms with Gasteiger partial charge in [-0.15, -0.1) is 0 Å². The summed E-state index contributed by atoms with van der Waals surface area (Å²) in [5.74, 6) is 0.932. The Balaban J connectivity index is 1.22. The van der Waals surface area contributed by atoms with Crippen LogP contribution in [0.5, 0.6) is 5.75 Å². The molecule has 2 aromatic carbocycles. The number of imide groups is 1. The second-order valence-corrected chi connectivity index (χ2v) is 8.92. The number of carbonyl (C=O) groups is 3. The number of anilines is 1. The fourth-order valence-electron chi connectivity index (χ4n) is 5.73. The van der Waals surface area contributed by atoms with Crippen LogP contribution < -0.4 is 9.64 Å². The average molecular weight is 399 g/mol. The first kappa shape index (κ1) is 17.6. The van der Waals surface area contributed by atoms with Crippen LogP contribution in [0.3, 0.4) is 0 Å². The number of rotatable bonds is 3. The lowest BCUT2D eigenvalue weighted by atomic mass is 9.63. The van der Waals surface area contributed by atoms with Gasteiger partial charge in [-0.25, -0.2) is 4.79 Å². The van der Waals surface area contributed by atoms with Crippen LogP contribution in [0.1, 0.15) is 22.3 Å². The molecule has 3 fully saturated rings. The van der Waals surface area contributed by atoms with E-state index in [-0.39, 0.29) is 35.5 Å². The van der Waals surface area contributed by atoms with E-state index >= 15 is 0 Å². The molecule has 6 atom stereocenters. The number of carbonyl (C=O) groups excluding carboxylic acids is 3. The Kier molecular flexibility index (Phi) is 3.61. The summed E-state index contributed by atoms with van der Waals surface area (Å²) < 4.78 is 5.43. The van der Waals surface area contributed by atoms with Crippen molar-refractivity contribution in [3.05, 3.63) is 71.8 Å². The van der Waals surface area contributed by atoms with Gasteiger partial charge >= 0.3 is 5.97 Å². The van der Waals surface area contributed by atoms with Gasteiger partial charge in [0.25, 0.3) is 0 Å². The molecule has 4 aliphatic carbocycles. The van der Waals surface area contributed by atoms with Crippen LogP contribution in [0, 0.1) is 42.4 Å². The standard InChI is InChI=1S/C25H21NO4/c1-13-2-4-14(5-3-13)25(29)30-16-8-6-15(7-9-16)26-23(27)21-17-10-11-18(20-12-19(17)20)22(21)24(26)28/h2-11,17-22H,12H2,1H3/t17-,18-,19-,20+,21+,22+/m0/s1. The quantitative estimate of drug-likeness (QED) is 0.341. The number of hydrogen-bond acceptors (Lipinski definition) is 4. The first-order chi connectivity index (χ1) is 14.5. The van der Waals surface area contributed by atoms with Crippen LogP contribution in [-0.2, 0) is 9.59 Å². The van der Waals surface area contributed by atoms with E-state index in [9.17, 15) is 14.4 Å². The minimum atomic E-state index is -0.441. The van der Waals surface area contributed by atoms with Gasteiger partial charge in [0.2, 0.25) is 11.8 Å². The fraction of sp³-hybridized carbons (Fsp3) is 0.320. The number of esters is 1. The first-order valence-corrected chi connectivity index (χ1v) is 10.5. The van der Waals surface area contributed by atoms with Crippen molar-refractivity contribution in [1.82, 2.24) is 0 Å². The topological polar surface area (TPSA) is 63.7 Å². The molecule has 150 valence electrons. The van der Waals surface area contributed by atoms with Gasteiger partial charge in [-0.05, 0) is 73.4 Å². The van der Waals surface area contributed by atoms with Crippen molar-refractivity contribution in [2.24, 2.45) is 35.5 Å². The van der Waals surface area contributed by atoms with Crippen molar-refractivity contribution in [3.63, 3.8) is 0 Å². The molecule has 1 heterocycles. The molecule has 0 radical (unpaired) electrons. The van der Waals surface area contributed by atoms with Gasteiger partial charge in [-0.1, -0.05) is 29.8 Å². The van der Waals surface area contributed by atoms with E-state index in [4.69, 9.17) is 4.74 Å². The largest absolute Gasteiger partial charge is 0.423 e. The zero-order chi connectivity index (χ0) is 20.6. The average Bonchev–Trinajstić information content (AvgIpc) is 3.53. The van der Waals surface area contributed by atoms with Crippen molar-refractivity contribution in [1.29, 1.82) is 0 Å². The zero-order valence-corrected chi connectivity index (χ0v) is 16.5. The van der Waals surface area contributed by atoms with Crippen LogP contribution in [0.25, 0.3) is 0 Å². The second-order valence-electron chi connectivity index (χ2n) is 8.92. The van der Waals surface area contributed by atoms with E-state index < -0.39 is 5.97 Å². The summed E-state index contributed by atoms with van der Waals surface area (Å²) in [5, 5.41) is 0. The van der Waals surface area contributed by atoms with Gasteiger partial charge in [-0.2, -0.15) is 0 Å². The van der Waals surface area contributed by atoms with Crippen LogP contribution >= 0.6 is 0 Å². The predicted molar refractivity (Wildman–Crippen MR) is 110 cm³/mol. The third kappa shape index (κ3) is 2.44. The Morgan fingerprint density at radius 3 is 2.00 bits per heavy atom. The summed E-state index contributed by atoms with van der Waals surface area (Å²) in [4.78, 5) is 40.0. The molecule has 2 aromatic rings. The molecule has 0 unspecified atom stereocenters. The Hall–Kier alpha value is -3.21. The zero-order valence-electron chi connectivity index (χ0n) is 16.5. The van der Waals surface area contributed by atoms with Crippen LogP contribution in [0.2, 0.25) is 0 Å². The minimum absolute atomic E-state index is 0.0842. The Morgan fingerprint density at radius 1 is 0.867 bits per heavy atom. The maximum atomic E-state index is 13.2. The molecule has 2 amide bonds. The maximum absolute atomic E-state index is 13.2. The molecule has 1 saturated heterocycles. The number of benzene rings is 2. The van der Waals surface area contributed by atoms with Gasteiger partial charge in [0, 0.05) is 0 Å². The molecule has 5 nitrogen and oxygen atoms in total. The second kappa shape index (κ2) is 6.14. The van der Waals surface area contributed by atoms with Gasteiger partial charge in [0.05, 0.1) is 23.1 Å². The number of amides is 2. The van der Waals surface area contributed by atoms with Crippen LogP contribution in [-0.4, -0.2) is 17.8 Å². The molecule has 7 rings (SSSR count). The minimum Gasteiger partial charge on any atom is -0.423 e. The van der Waals surface area contributed by atoms with E-state index in [2.05, 4.69) is 12.2 Å². The number of aryl methyl sites for hydroxylation is 1. The van der Waals surface area contributed by atoms with Gasteiger partial charge in [-0.3, -0.25) is 14.5 Å². The number of ether oxygens (including phenoxy) is 1. The van der Waals surface area contributed by atoms with E-state index in [0.29, 0.717) is 28.8 Å². The fourth-order valence-corrected chi connectivity index (χ4v) is 5.73. The van der Waals surface area contributed by atoms with Crippen molar-refractivity contribution in [2.75, 3.05) is 4.90 Å². The highest BCUT2D eigenvalue weighted by Gasteiger charge is 2.67. The molecule has 0 N–H and O–H groups in total. The van der Waals surface area contributed by atoms with E-state index in [1.54, 1.807) is 36.4 Å². The molecular weight excluding hydrogens is 378 g/mol. The summed E-state index contributed by atoms with van der Waals surface area (Å²) in [6.07, 6.45) is 5.49. The smallest absolute Gasteiger partial charge is 0.343 e. The molecule has 5 heteroatoms. The predicted octanol–water partition coefficient (Wildman–Crippen LogP) is 3.77. The molecule has 30 heavy (non-hydrogen) atoms. The third-order valence-electron chi connectivity index (χ3n) is 7.26. The van der Waals surface area contributed by atoms with Gasteiger partial charge in [0.1, 0.15) is 5.75 Å². The van der Waals surface area contributed by atoms with E-state index in [0.717, 1.165) is 12.0 Å². The molecule has 1 aliphatic heterocycles. The van der Waals surface area contributed by atoms with E-state index in [1.165, 1.54) is 4.90 Å². The van der Waals surface area contributed by atoms with Crippen molar-refractivity contribution >= 4 is 23.5 Å². The third-order valence-corrected chi connectivity index (χ3v) is 7.26. The van der Waals surface area contributed by atoms with Crippen LogP contribution in [0.4, 0.5) is 5.69 Å². The van der Waals surface area contributed by atoms with Crippen molar-refractivity contribution in [3.8, 4) is 5.75 Å². The molecule has 2 saturated carbocycles. The summed E-state index contributed by atoms with van der Waals surface area (Å²) in [6, 6.07) is 13.8. The summed E-state index contributed by atoms with van der Waals surface area (Å²) in [5.41, 5.74) is 2.08. The number of hydrogen-bond donors (Lipinski definition) is 0. The lowest BCUT2D eigenvalue weighted by molar-refractivity contribution is -0.124. The normalized spacial score (nSPS) is 32.8. The van der Waals surface area contributed by atoms with Crippen LogP contribution in [0.15, 0.2) is 60.7 Å². The van der Waals surface area contributed by atoms with E-state index in [1.807, 2.05) is 19.1 Å². The molecular formula is C25H21NO4. The lowest BCUT2D eigenvalue weighted by Crippen LogP contribution is -2.40. The van der Waals surface area contributed by atoms with Crippen molar-refractivity contribution in [2.45, 2.75) is 13.3 Å². The van der Waals surface area contributed by atoms with Crippen molar-refractivity contribution < 1.29 is 19.1 Å². The van der Waals surface area contributed by atoms with Gasteiger partial charge < -0.3 is 4.74 Å². The highest BCUT2D eigenvalue weighted by atomic mass is 16.5. The summed E-state index contributed by atoms with van der Waals surface area (Å²) in [6.45, 7) is 1.95. The number of allylic oxidation sites excluding steroid dienone is 2. The number of nitrogens with zero attached hydrogens (tertiary/aromatic N) is 1. The molecule has 0 aromatic heterocycles. The Labute approximate surface area is 174 Å². The molecule has 2 bridgehead atoms. The first-order valence-electron chi connectivity index (χ1n) is 10.5. The highest BCUT2D eigenvalue weighted by molar-refractivity contribution is 6.22. The monoisotopic (exact) mass is 399 g/mol.